The molecule has 28 heavy (non-hydrogen) atoms. The van der Waals surface area contributed by atoms with E-state index < -0.39 is 17.6 Å². The second kappa shape index (κ2) is 8.07. The third-order valence-corrected chi connectivity index (χ3v) is 3.75. The summed E-state index contributed by atoms with van der Waals surface area (Å²) < 4.78 is 39.3. The standard InChI is InChI=1S/C18H17F3N6O/c1-12-25-15(11-16(26-12)27-10-2-7-24-27)22-8-9-23-17(28)13-3-5-14(6-4-13)18(19,20)21/h2-7,10-11H,8-9H2,1H3,(H,23,28)(H,22,25,26). The van der Waals surface area contributed by atoms with Crippen molar-refractivity contribution in [2.45, 2.75) is 13.1 Å². The highest BCUT2D eigenvalue weighted by Gasteiger charge is 2.30. The topological polar surface area (TPSA) is 84.7 Å². The summed E-state index contributed by atoms with van der Waals surface area (Å²) in [6, 6.07) is 7.56. The maximum absolute atomic E-state index is 12.6. The number of nitrogens with zero attached hydrogens (tertiary/aromatic N) is 4. The molecule has 2 aromatic heterocycles. The van der Waals surface area contributed by atoms with Gasteiger partial charge in [-0.25, -0.2) is 14.6 Å². The van der Waals surface area contributed by atoms with E-state index in [1.165, 1.54) is 0 Å². The Kier molecular flexibility index (Phi) is 5.57. The summed E-state index contributed by atoms with van der Waals surface area (Å²) in [5, 5.41) is 9.82. The zero-order valence-corrected chi connectivity index (χ0v) is 14.9. The van der Waals surface area contributed by atoms with Crippen molar-refractivity contribution in [2.75, 3.05) is 18.4 Å². The van der Waals surface area contributed by atoms with Crippen LogP contribution in [0.2, 0.25) is 0 Å². The SMILES string of the molecule is Cc1nc(NCCNC(=O)c2ccc(C(F)(F)F)cc2)cc(-n2cccn2)n1. The Hall–Kier alpha value is -3.43. The first kappa shape index (κ1) is 19.3. The van der Waals surface area contributed by atoms with Gasteiger partial charge in [-0.05, 0) is 37.3 Å². The predicted molar refractivity (Wildman–Crippen MR) is 96.2 cm³/mol. The Morgan fingerprint density at radius 2 is 1.89 bits per heavy atom. The third-order valence-electron chi connectivity index (χ3n) is 3.75. The van der Waals surface area contributed by atoms with Crippen LogP contribution in [0.1, 0.15) is 21.7 Å². The fourth-order valence-electron chi connectivity index (χ4n) is 2.44. The van der Waals surface area contributed by atoms with Gasteiger partial charge in [0.1, 0.15) is 11.6 Å². The lowest BCUT2D eigenvalue weighted by Gasteiger charge is -2.10. The minimum atomic E-state index is -4.43. The van der Waals surface area contributed by atoms with Crippen molar-refractivity contribution in [3.8, 4) is 5.82 Å². The number of carbonyl (C=O) groups is 1. The van der Waals surface area contributed by atoms with Crippen LogP contribution in [0.25, 0.3) is 5.82 Å². The predicted octanol–water partition coefficient (Wildman–Crippen LogP) is 2.83. The molecule has 1 aromatic carbocycles. The van der Waals surface area contributed by atoms with E-state index >= 15 is 0 Å². The highest BCUT2D eigenvalue weighted by Crippen LogP contribution is 2.29. The van der Waals surface area contributed by atoms with Crippen molar-refractivity contribution in [1.29, 1.82) is 0 Å². The van der Waals surface area contributed by atoms with Gasteiger partial charge >= 0.3 is 6.18 Å². The number of carbonyl (C=O) groups excluding carboxylic acids is 1. The average molecular weight is 390 g/mol. The number of amides is 1. The summed E-state index contributed by atoms with van der Waals surface area (Å²) in [6.45, 7) is 2.39. The first-order valence-corrected chi connectivity index (χ1v) is 8.38. The van der Waals surface area contributed by atoms with Crippen molar-refractivity contribution < 1.29 is 18.0 Å². The summed E-state index contributed by atoms with van der Waals surface area (Å²) >= 11 is 0. The van der Waals surface area contributed by atoms with Crippen LogP contribution in [0.4, 0.5) is 19.0 Å². The lowest BCUT2D eigenvalue weighted by Crippen LogP contribution is -2.29. The van der Waals surface area contributed by atoms with Gasteiger partial charge in [-0.1, -0.05) is 0 Å². The molecule has 0 bridgehead atoms. The molecule has 0 aliphatic rings. The monoisotopic (exact) mass is 390 g/mol. The first-order chi connectivity index (χ1) is 13.3. The van der Waals surface area contributed by atoms with Gasteiger partial charge in [0.2, 0.25) is 0 Å². The van der Waals surface area contributed by atoms with E-state index in [0.717, 1.165) is 24.3 Å². The number of halogens is 3. The molecular formula is C18H17F3N6O. The Bertz CT molecular complexity index is 939. The molecule has 0 aliphatic carbocycles. The van der Waals surface area contributed by atoms with Crippen LogP contribution in [-0.2, 0) is 6.18 Å². The van der Waals surface area contributed by atoms with Crippen molar-refractivity contribution in [3.05, 3.63) is 65.7 Å². The molecular weight excluding hydrogens is 373 g/mol. The van der Waals surface area contributed by atoms with Crippen molar-refractivity contribution in [2.24, 2.45) is 0 Å². The maximum atomic E-state index is 12.6. The molecule has 3 aromatic rings. The molecule has 0 atom stereocenters. The second-order valence-electron chi connectivity index (χ2n) is 5.87. The van der Waals surface area contributed by atoms with Crippen molar-refractivity contribution in [3.63, 3.8) is 0 Å². The summed E-state index contributed by atoms with van der Waals surface area (Å²) in [5.74, 6) is 1.28. The fraction of sp³-hybridized carbons (Fsp3) is 0.222. The number of benzene rings is 1. The van der Waals surface area contributed by atoms with Crippen LogP contribution in [-0.4, -0.2) is 38.7 Å². The molecule has 0 fully saturated rings. The number of alkyl halides is 3. The van der Waals surface area contributed by atoms with Gasteiger partial charge in [-0.2, -0.15) is 18.3 Å². The number of hydrogen-bond acceptors (Lipinski definition) is 5. The number of aromatic nitrogens is 4. The lowest BCUT2D eigenvalue weighted by atomic mass is 10.1. The number of nitrogens with one attached hydrogen (secondary N) is 2. The molecule has 7 nitrogen and oxygen atoms in total. The fourth-order valence-corrected chi connectivity index (χ4v) is 2.44. The molecule has 146 valence electrons. The van der Waals surface area contributed by atoms with Gasteiger partial charge < -0.3 is 10.6 Å². The van der Waals surface area contributed by atoms with Crippen LogP contribution in [0.3, 0.4) is 0 Å². The minimum absolute atomic E-state index is 0.159. The van der Waals surface area contributed by atoms with Crippen LogP contribution in [0, 0.1) is 6.92 Å². The largest absolute Gasteiger partial charge is 0.416 e. The molecule has 2 heterocycles. The number of anilines is 1. The molecule has 1 amide bonds. The molecule has 3 rings (SSSR count). The number of rotatable bonds is 6. The smallest absolute Gasteiger partial charge is 0.368 e. The highest BCUT2D eigenvalue weighted by molar-refractivity contribution is 5.94. The Balaban J connectivity index is 1.52. The van der Waals surface area contributed by atoms with Gasteiger partial charge in [-0.15, -0.1) is 0 Å². The quantitative estimate of drug-likeness (QED) is 0.633. The molecule has 0 radical (unpaired) electrons. The molecule has 0 aliphatic heterocycles. The van der Waals surface area contributed by atoms with Gasteiger partial charge in [0, 0.05) is 37.1 Å². The molecule has 10 heteroatoms. The maximum Gasteiger partial charge on any atom is 0.416 e. The van der Waals surface area contributed by atoms with Crippen molar-refractivity contribution in [1.82, 2.24) is 25.1 Å². The zero-order valence-electron chi connectivity index (χ0n) is 14.9. The summed E-state index contributed by atoms with van der Waals surface area (Å²) in [5.41, 5.74) is -0.635. The van der Waals surface area contributed by atoms with E-state index in [1.54, 1.807) is 36.1 Å². The van der Waals surface area contributed by atoms with Gasteiger partial charge in [0.15, 0.2) is 5.82 Å². The van der Waals surface area contributed by atoms with Crippen LogP contribution < -0.4 is 10.6 Å². The molecule has 0 saturated heterocycles. The van der Waals surface area contributed by atoms with Gasteiger partial charge in [0.25, 0.3) is 5.91 Å². The Labute approximate surface area is 158 Å². The number of hydrogen-bond donors (Lipinski definition) is 2. The highest BCUT2D eigenvalue weighted by atomic mass is 19.4. The van der Waals surface area contributed by atoms with Crippen molar-refractivity contribution >= 4 is 11.7 Å². The Morgan fingerprint density at radius 1 is 1.14 bits per heavy atom. The van der Waals surface area contributed by atoms with E-state index in [2.05, 4.69) is 25.7 Å². The van der Waals surface area contributed by atoms with Crippen LogP contribution >= 0.6 is 0 Å². The van der Waals surface area contributed by atoms with Gasteiger partial charge in [0.05, 0.1) is 5.56 Å². The average Bonchev–Trinajstić information content (AvgIpc) is 3.19. The van der Waals surface area contributed by atoms with E-state index in [4.69, 9.17) is 0 Å². The minimum Gasteiger partial charge on any atom is -0.368 e. The van der Waals surface area contributed by atoms with E-state index in [1.807, 2.05) is 0 Å². The first-order valence-electron chi connectivity index (χ1n) is 8.38. The summed E-state index contributed by atoms with van der Waals surface area (Å²) in [6.07, 6.45) is -1.03. The third kappa shape index (κ3) is 4.84. The number of aryl methyl sites for hydroxylation is 1. The van der Waals surface area contributed by atoms with E-state index in [9.17, 15) is 18.0 Å². The van der Waals surface area contributed by atoms with Crippen LogP contribution in [0.5, 0.6) is 0 Å². The summed E-state index contributed by atoms with van der Waals surface area (Å²) in [7, 11) is 0. The molecule has 0 spiro atoms. The molecule has 2 N–H and O–H groups in total. The lowest BCUT2D eigenvalue weighted by molar-refractivity contribution is -0.137. The second-order valence-corrected chi connectivity index (χ2v) is 5.87. The van der Waals surface area contributed by atoms with E-state index in [0.29, 0.717) is 24.0 Å². The van der Waals surface area contributed by atoms with Crippen LogP contribution in [0.15, 0.2) is 48.8 Å². The normalized spacial score (nSPS) is 11.3. The molecule has 0 saturated carbocycles. The van der Waals surface area contributed by atoms with E-state index in [-0.39, 0.29) is 12.1 Å². The zero-order chi connectivity index (χ0) is 20.1. The summed E-state index contributed by atoms with van der Waals surface area (Å²) in [4.78, 5) is 20.6. The van der Waals surface area contributed by atoms with Gasteiger partial charge in [-0.3, -0.25) is 4.79 Å². The molecule has 0 unspecified atom stereocenters. The Morgan fingerprint density at radius 3 is 2.54 bits per heavy atom.